The second kappa shape index (κ2) is 6.37. The van der Waals surface area contributed by atoms with E-state index < -0.39 is 5.60 Å². The quantitative estimate of drug-likeness (QED) is 0.832. The third-order valence-corrected chi connectivity index (χ3v) is 3.48. The Kier molecular flexibility index (Phi) is 4.76. The number of para-hydroxylation sites is 1. The highest BCUT2D eigenvalue weighted by Crippen LogP contribution is 2.23. The normalized spacial score (nSPS) is 16.7. The van der Waals surface area contributed by atoms with Gasteiger partial charge in [0.15, 0.2) is 0 Å². The van der Waals surface area contributed by atoms with Gasteiger partial charge in [0.25, 0.3) is 0 Å². The Balaban J connectivity index is 1.83. The lowest BCUT2D eigenvalue weighted by molar-refractivity contribution is 0.0126. The van der Waals surface area contributed by atoms with Crippen LogP contribution in [0.2, 0.25) is 0 Å². The lowest BCUT2D eigenvalue weighted by atomic mass is 10.1. The molecule has 4 heteroatoms. The van der Waals surface area contributed by atoms with Crippen molar-refractivity contribution in [1.29, 1.82) is 0 Å². The molecule has 0 aliphatic carbocycles. The lowest BCUT2D eigenvalue weighted by Crippen LogP contribution is -2.44. The minimum atomic E-state index is -0.439. The van der Waals surface area contributed by atoms with Gasteiger partial charge >= 0.3 is 6.09 Å². The number of rotatable bonds is 2. The van der Waals surface area contributed by atoms with Crippen molar-refractivity contribution >= 4 is 6.09 Å². The summed E-state index contributed by atoms with van der Waals surface area (Å²) in [5, 5.41) is 0. The molecule has 21 heavy (non-hydrogen) atoms. The Morgan fingerprint density at radius 2 is 1.81 bits per heavy atom. The first-order chi connectivity index (χ1) is 9.85. The smallest absolute Gasteiger partial charge is 0.410 e. The number of likely N-dealkylation sites (tertiary alicyclic amines) is 1. The van der Waals surface area contributed by atoms with Crippen molar-refractivity contribution in [2.75, 3.05) is 13.1 Å². The summed E-state index contributed by atoms with van der Waals surface area (Å²) in [5.74, 6) is 0.938. The second-order valence-corrected chi connectivity index (χ2v) is 6.55. The van der Waals surface area contributed by atoms with Crippen molar-refractivity contribution in [3.63, 3.8) is 0 Å². The van der Waals surface area contributed by atoms with E-state index in [4.69, 9.17) is 9.47 Å². The molecule has 116 valence electrons. The highest BCUT2D eigenvalue weighted by Gasteiger charge is 2.27. The van der Waals surface area contributed by atoms with E-state index in [0.29, 0.717) is 13.1 Å². The molecule has 0 saturated carbocycles. The minimum absolute atomic E-state index is 0.171. The predicted molar refractivity (Wildman–Crippen MR) is 82.6 cm³/mol. The molecule has 1 amide bonds. The maximum absolute atomic E-state index is 12.0. The number of carbonyl (C=O) groups is 1. The Morgan fingerprint density at radius 3 is 2.38 bits per heavy atom. The summed E-state index contributed by atoms with van der Waals surface area (Å²) in [5.41, 5.74) is 0.707. The molecule has 0 aromatic heterocycles. The van der Waals surface area contributed by atoms with Gasteiger partial charge in [-0.25, -0.2) is 4.79 Å². The topological polar surface area (TPSA) is 38.8 Å². The molecule has 1 aromatic rings. The maximum atomic E-state index is 12.0. The highest BCUT2D eigenvalue weighted by molar-refractivity contribution is 5.68. The molecule has 1 aromatic carbocycles. The zero-order valence-corrected chi connectivity index (χ0v) is 13.4. The van der Waals surface area contributed by atoms with Gasteiger partial charge < -0.3 is 14.4 Å². The van der Waals surface area contributed by atoms with E-state index in [1.165, 1.54) is 0 Å². The van der Waals surface area contributed by atoms with Gasteiger partial charge in [0, 0.05) is 25.9 Å². The van der Waals surface area contributed by atoms with Gasteiger partial charge in [0.2, 0.25) is 0 Å². The van der Waals surface area contributed by atoms with E-state index >= 15 is 0 Å². The third kappa shape index (κ3) is 4.66. The van der Waals surface area contributed by atoms with E-state index in [-0.39, 0.29) is 12.2 Å². The number of hydrogen-bond acceptors (Lipinski definition) is 3. The molecule has 0 atom stereocenters. The summed E-state index contributed by atoms with van der Waals surface area (Å²) >= 11 is 0. The number of amides is 1. The molecule has 1 fully saturated rings. The largest absolute Gasteiger partial charge is 0.490 e. The van der Waals surface area contributed by atoms with Gasteiger partial charge in [0.1, 0.15) is 17.5 Å². The van der Waals surface area contributed by atoms with E-state index in [0.717, 1.165) is 24.2 Å². The zero-order valence-electron chi connectivity index (χ0n) is 13.4. The van der Waals surface area contributed by atoms with Crippen molar-refractivity contribution in [3.05, 3.63) is 29.8 Å². The van der Waals surface area contributed by atoms with Gasteiger partial charge in [-0.1, -0.05) is 18.2 Å². The molecule has 1 aliphatic heterocycles. The molecule has 4 nitrogen and oxygen atoms in total. The van der Waals surface area contributed by atoms with Crippen molar-refractivity contribution in [3.8, 4) is 5.75 Å². The first-order valence-electron chi connectivity index (χ1n) is 7.55. The number of piperidine rings is 1. The molecule has 0 bridgehead atoms. The maximum Gasteiger partial charge on any atom is 0.410 e. The fraction of sp³-hybridized carbons (Fsp3) is 0.588. The van der Waals surface area contributed by atoms with Crippen LogP contribution in [0.3, 0.4) is 0 Å². The minimum Gasteiger partial charge on any atom is -0.490 e. The fourth-order valence-corrected chi connectivity index (χ4v) is 2.35. The summed E-state index contributed by atoms with van der Waals surface area (Å²) in [6, 6.07) is 8.03. The highest BCUT2D eigenvalue weighted by atomic mass is 16.6. The Hall–Kier alpha value is -1.71. The van der Waals surface area contributed by atoms with Gasteiger partial charge in [-0.15, -0.1) is 0 Å². The third-order valence-electron chi connectivity index (χ3n) is 3.48. The fourth-order valence-electron chi connectivity index (χ4n) is 2.35. The second-order valence-electron chi connectivity index (χ2n) is 6.55. The standard InChI is InChI=1S/C17H25NO3/c1-13-7-5-6-8-15(13)20-14-9-11-18(12-10-14)16(19)21-17(2,3)4/h5-8,14H,9-12H2,1-4H3. The summed E-state index contributed by atoms with van der Waals surface area (Å²) in [7, 11) is 0. The van der Waals surface area contributed by atoms with Gasteiger partial charge in [-0.2, -0.15) is 0 Å². The van der Waals surface area contributed by atoms with Gasteiger partial charge in [0.05, 0.1) is 0 Å². The Morgan fingerprint density at radius 1 is 1.19 bits per heavy atom. The number of benzene rings is 1. The van der Waals surface area contributed by atoms with Crippen LogP contribution in [0.1, 0.15) is 39.2 Å². The molecule has 1 aliphatic rings. The van der Waals surface area contributed by atoms with Crippen molar-refractivity contribution in [1.82, 2.24) is 4.90 Å². The molecule has 0 radical (unpaired) electrons. The van der Waals surface area contributed by atoms with Crippen LogP contribution >= 0.6 is 0 Å². The Bertz CT molecular complexity index is 485. The molecular formula is C17H25NO3. The molecular weight excluding hydrogens is 266 g/mol. The zero-order chi connectivity index (χ0) is 15.5. The van der Waals surface area contributed by atoms with Crippen LogP contribution in [0.5, 0.6) is 5.75 Å². The number of carbonyl (C=O) groups excluding carboxylic acids is 1. The Labute approximate surface area is 127 Å². The van der Waals surface area contributed by atoms with E-state index in [1.54, 1.807) is 4.90 Å². The van der Waals surface area contributed by atoms with Gasteiger partial charge in [-0.05, 0) is 39.3 Å². The summed E-state index contributed by atoms with van der Waals surface area (Å²) in [4.78, 5) is 13.8. The van der Waals surface area contributed by atoms with Crippen LogP contribution in [0.25, 0.3) is 0 Å². The molecule has 1 heterocycles. The summed E-state index contributed by atoms with van der Waals surface area (Å²) in [6.45, 7) is 9.08. The number of aryl methyl sites for hydroxylation is 1. The predicted octanol–water partition coefficient (Wildman–Crippen LogP) is 3.77. The average molecular weight is 291 g/mol. The van der Waals surface area contributed by atoms with Crippen LogP contribution in [-0.2, 0) is 4.74 Å². The first kappa shape index (κ1) is 15.7. The summed E-state index contributed by atoms with van der Waals surface area (Å²) < 4.78 is 11.4. The van der Waals surface area contributed by atoms with Crippen LogP contribution in [-0.4, -0.2) is 35.8 Å². The SMILES string of the molecule is Cc1ccccc1OC1CCN(C(=O)OC(C)(C)C)CC1. The van der Waals surface area contributed by atoms with Crippen LogP contribution in [0, 0.1) is 6.92 Å². The molecule has 2 rings (SSSR count). The van der Waals surface area contributed by atoms with Crippen molar-refractivity contribution < 1.29 is 14.3 Å². The molecule has 0 unspecified atom stereocenters. The summed E-state index contributed by atoms with van der Waals surface area (Å²) in [6.07, 6.45) is 1.63. The molecule has 0 spiro atoms. The van der Waals surface area contributed by atoms with Gasteiger partial charge in [-0.3, -0.25) is 0 Å². The van der Waals surface area contributed by atoms with Crippen LogP contribution in [0.4, 0.5) is 4.79 Å². The number of ether oxygens (including phenoxy) is 2. The lowest BCUT2D eigenvalue weighted by Gasteiger charge is -2.33. The number of hydrogen-bond donors (Lipinski definition) is 0. The van der Waals surface area contributed by atoms with E-state index in [9.17, 15) is 4.79 Å². The van der Waals surface area contributed by atoms with Crippen molar-refractivity contribution in [2.45, 2.75) is 52.2 Å². The first-order valence-corrected chi connectivity index (χ1v) is 7.55. The molecule has 0 N–H and O–H groups in total. The number of nitrogens with zero attached hydrogens (tertiary/aromatic N) is 1. The van der Waals surface area contributed by atoms with Crippen LogP contribution < -0.4 is 4.74 Å². The monoisotopic (exact) mass is 291 g/mol. The van der Waals surface area contributed by atoms with E-state index in [2.05, 4.69) is 0 Å². The molecule has 1 saturated heterocycles. The van der Waals surface area contributed by atoms with Crippen molar-refractivity contribution in [2.24, 2.45) is 0 Å². The average Bonchev–Trinajstić information content (AvgIpc) is 2.40. The van der Waals surface area contributed by atoms with Crippen LogP contribution in [0.15, 0.2) is 24.3 Å². The van der Waals surface area contributed by atoms with E-state index in [1.807, 2.05) is 52.0 Å².